The largest absolute Gasteiger partial charge is 0.349 e. The van der Waals surface area contributed by atoms with Crippen molar-refractivity contribution in [3.8, 4) is 11.3 Å². The molecule has 4 rings (SSSR count). The number of benzene rings is 1. The Hall–Kier alpha value is -3.22. The number of hydrogen-bond acceptors (Lipinski definition) is 4. The molecule has 0 bridgehead atoms. The van der Waals surface area contributed by atoms with E-state index in [2.05, 4.69) is 25.8 Å². The molecule has 0 aliphatic heterocycles. The number of aromatic amines is 1. The maximum absolute atomic E-state index is 12.3. The first-order valence-corrected chi connectivity index (χ1v) is 8.56. The van der Waals surface area contributed by atoms with Gasteiger partial charge in [0.2, 0.25) is 5.91 Å². The summed E-state index contributed by atoms with van der Waals surface area (Å²) in [5.41, 5.74) is 3.88. The Kier molecular flexibility index (Phi) is 3.91. The second-order valence-corrected chi connectivity index (χ2v) is 6.62. The Morgan fingerprint density at radius 3 is 2.73 bits per heavy atom. The van der Waals surface area contributed by atoms with Gasteiger partial charge < -0.3 is 10.6 Å². The zero-order valence-electron chi connectivity index (χ0n) is 14.6. The van der Waals surface area contributed by atoms with E-state index in [1.54, 1.807) is 0 Å². The smallest absolute Gasteiger partial charge is 0.251 e. The molecule has 1 aliphatic carbocycles. The Morgan fingerprint density at radius 2 is 2.00 bits per heavy atom. The van der Waals surface area contributed by atoms with Gasteiger partial charge in [-0.2, -0.15) is 5.10 Å². The number of rotatable bonds is 4. The van der Waals surface area contributed by atoms with Gasteiger partial charge in [0.1, 0.15) is 0 Å². The summed E-state index contributed by atoms with van der Waals surface area (Å²) in [4.78, 5) is 28.2. The van der Waals surface area contributed by atoms with Crippen molar-refractivity contribution in [1.29, 1.82) is 0 Å². The maximum Gasteiger partial charge on any atom is 0.251 e. The second-order valence-electron chi connectivity index (χ2n) is 6.62. The summed E-state index contributed by atoms with van der Waals surface area (Å²) in [6.45, 7) is 3.42. The molecule has 2 aromatic heterocycles. The van der Waals surface area contributed by atoms with Crippen LogP contribution < -0.4 is 10.6 Å². The van der Waals surface area contributed by atoms with E-state index in [1.807, 2.05) is 37.3 Å². The molecule has 1 saturated carbocycles. The van der Waals surface area contributed by atoms with Crippen LogP contribution in [0.3, 0.4) is 0 Å². The van der Waals surface area contributed by atoms with Crippen LogP contribution >= 0.6 is 0 Å². The first-order chi connectivity index (χ1) is 12.5. The predicted octanol–water partition coefficient (Wildman–Crippen LogP) is 2.78. The summed E-state index contributed by atoms with van der Waals surface area (Å²) < 4.78 is 0. The normalized spacial score (nSPS) is 13.6. The number of nitrogens with one attached hydrogen (secondary N) is 3. The van der Waals surface area contributed by atoms with E-state index in [0.717, 1.165) is 35.0 Å². The third kappa shape index (κ3) is 3.15. The molecule has 2 amide bonds. The number of hydrogen-bond donors (Lipinski definition) is 3. The lowest BCUT2D eigenvalue weighted by molar-refractivity contribution is -0.114. The molecule has 0 spiro atoms. The molecule has 1 aliphatic rings. The van der Waals surface area contributed by atoms with Gasteiger partial charge in [-0.3, -0.25) is 14.7 Å². The number of carbonyl (C=O) groups excluding carboxylic acids is 2. The van der Waals surface area contributed by atoms with E-state index in [4.69, 9.17) is 0 Å². The van der Waals surface area contributed by atoms with Crippen molar-refractivity contribution in [3.63, 3.8) is 0 Å². The molecule has 1 aromatic carbocycles. The van der Waals surface area contributed by atoms with Crippen LogP contribution in [0.2, 0.25) is 0 Å². The monoisotopic (exact) mass is 349 g/mol. The quantitative estimate of drug-likeness (QED) is 0.674. The van der Waals surface area contributed by atoms with Crippen molar-refractivity contribution >= 4 is 28.7 Å². The second kappa shape index (κ2) is 6.25. The molecular formula is C19H19N5O2. The lowest BCUT2D eigenvalue weighted by Crippen LogP contribution is -2.25. The van der Waals surface area contributed by atoms with Crippen LogP contribution in [0, 0.1) is 6.92 Å². The third-order valence-electron chi connectivity index (χ3n) is 4.41. The van der Waals surface area contributed by atoms with Crippen molar-refractivity contribution in [2.75, 3.05) is 5.32 Å². The average Bonchev–Trinajstić information content (AvgIpc) is 3.34. The number of carbonyl (C=O) groups is 2. The van der Waals surface area contributed by atoms with Gasteiger partial charge >= 0.3 is 0 Å². The van der Waals surface area contributed by atoms with Crippen molar-refractivity contribution < 1.29 is 9.59 Å². The van der Waals surface area contributed by atoms with Crippen molar-refractivity contribution in [3.05, 3.63) is 41.5 Å². The fraction of sp³-hybridized carbons (Fsp3) is 0.263. The highest BCUT2D eigenvalue weighted by Crippen LogP contribution is 2.27. The maximum atomic E-state index is 12.3. The van der Waals surface area contributed by atoms with Crippen LogP contribution in [0.25, 0.3) is 22.3 Å². The lowest BCUT2D eigenvalue weighted by Gasteiger charge is -2.09. The summed E-state index contributed by atoms with van der Waals surface area (Å²) >= 11 is 0. The molecule has 3 N–H and O–H groups in total. The fourth-order valence-corrected chi connectivity index (χ4v) is 2.85. The summed E-state index contributed by atoms with van der Waals surface area (Å²) in [6, 6.07) is 9.68. The van der Waals surface area contributed by atoms with E-state index in [9.17, 15) is 9.59 Å². The van der Waals surface area contributed by atoms with Gasteiger partial charge in [-0.15, -0.1) is 0 Å². The minimum absolute atomic E-state index is 0.0516. The lowest BCUT2D eigenvalue weighted by atomic mass is 10.0. The number of nitrogens with zero attached hydrogens (tertiary/aromatic N) is 2. The van der Waals surface area contributed by atoms with Gasteiger partial charge in [0.15, 0.2) is 11.5 Å². The number of amides is 2. The first-order valence-electron chi connectivity index (χ1n) is 8.56. The first kappa shape index (κ1) is 16.3. The van der Waals surface area contributed by atoms with Crippen LogP contribution in [0.1, 0.15) is 35.7 Å². The van der Waals surface area contributed by atoms with Crippen molar-refractivity contribution in [2.24, 2.45) is 0 Å². The highest BCUT2D eigenvalue weighted by molar-refractivity contribution is 5.99. The Morgan fingerprint density at radius 1 is 1.19 bits per heavy atom. The predicted molar refractivity (Wildman–Crippen MR) is 98.9 cm³/mol. The standard InChI is InChI=1S/C19H19N5O2/c1-10-3-4-12(19(26)21-13-5-6-13)9-15(10)16-8-7-14-17(20-11(2)25)23-24-18(14)22-16/h3-4,7-9,13H,5-6H2,1-2H3,(H,21,26)(H2,20,22,23,24,25). The van der Waals surface area contributed by atoms with Gasteiger partial charge in [0, 0.05) is 24.1 Å². The van der Waals surface area contributed by atoms with Gasteiger partial charge in [0.05, 0.1) is 11.1 Å². The molecule has 0 radical (unpaired) electrons. The zero-order valence-corrected chi connectivity index (χ0v) is 14.6. The molecule has 26 heavy (non-hydrogen) atoms. The Labute approximate surface area is 150 Å². The fourth-order valence-electron chi connectivity index (χ4n) is 2.85. The number of aromatic nitrogens is 3. The molecule has 132 valence electrons. The zero-order chi connectivity index (χ0) is 18.3. The average molecular weight is 349 g/mol. The number of pyridine rings is 1. The number of H-pyrrole nitrogens is 1. The molecule has 7 nitrogen and oxygen atoms in total. The Balaban J connectivity index is 1.69. The molecular weight excluding hydrogens is 330 g/mol. The van der Waals surface area contributed by atoms with Crippen LogP contribution in [0.5, 0.6) is 0 Å². The van der Waals surface area contributed by atoms with Crippen molar-refractivity contribution in [2.45, 2.75) is 32.7 Å². The molecule has 2 heterocycles. The topological polar surface area (TPSA) is 99.8 Å². The molecule has 0 atom stereocenters. The van der Waals surface area contributed by atoms with Crippen LogP contribution in [-0.4, -0.2) is 33.0 Å². The third-order valence-corrected chi connectivity index (χ3v) is 4.41. The van der Waals surface area contributed by atoms with Crippen LogP contribution in [-0.2, 0) is 4.79 Å². The summed E-state index contributed by atoms with van der Waals surface area (Å²) in [6.07, 6.45) is 2.11. The van der Waals surface area contributed by atoms with Gasteiger partial charge in [-0.05, 0) is 49.6 Å². The molecule has 7 heteroatoms. The summed E-state index contributed by atoms with van der Waals surface area (Å²) in [7, 11) is 0. The molecule has 0 saturated heterocycles. The number of aryl methyl sites for hydroxylation is 1. The minimum atomic E-state index is -0.187. The number of anilines is 1. The summed E-state index contributed by atoms with van der Waals surface area (Å²) in [5.74, 6) is 0.220. The molecule has 3 aromatic rings. The van der Waals surface area contributed by atoms with E-state index in [0.29, 0.717) is 23.1 Å². The van der Waals surface area contributed by atoms with E-state index in [1.165, 1.54) is 6.92 Å². The minimum Gasteiger partial charge on any atom is -0.349 e. The molecule has 0 unspecified atom stereocenters. The van der Waals surface area contributed by atoms with Gasteiger partial charge in [-0.25, -0.2) is 4.98 Å². The van der Waals surface area contributed by atoms with E-state index >= 15 is 0 Å². The summed E-state index contributed by atoms with van der Waals surface area (Å²) in [5, 5.41) is 13.4. The molecule has 1 fully saturated rings. The van der Waals surface area contributed by atoms with Crippen LogP contribution in [0.15, 0.2) is 30.3 Å². The SMILES string of the molecule is CC(=O)Nc1n[nH]c2nc(-c3cc(C(=O)NC4CC4)ccc3C)ccc12. The Bertz CT molecular complexity index is 1020. The van der Waals surface area contributed by atoms with Crippen LogP contribution in [0.4, 0.5) is 5.82 Å². The van der Waals surface area contributed by atoms with Gasteiger partial charge in [-0.1, -0.05) is 6.07 Å². The highest BCUT2D eigenvalue weighted by Gasteiger charge is 2.24. The van der Waals surface area contributed by atoms with E-state index in [-0.39, 0.29) is 11.8 Å². The number of fused-ring (bicyclic) bond motifs is 1. The van der Waals surface area contributed by atoms with E-state index < -0.39 is 0 Å². The highest BCUT2D eigenvalue weighted by atomic mass is 16.2. The van der Waals surface area contributed by atoms with Crippen molar-refractivity contribution in [1.82, 2.24) is 20.5 Å². The van der Waals surface area contributed by atoms with Gasteiger partial charge in [0.25, 0.3) is 5.91 Å².